The van der Waals surface area contributed by atoms with Gasteiger partial charge in [-0.25, -0.2) is 0 Å². The van der Waals surface area contributed by atoms with E-state index >= 15 is 0 Å². The van der Waals surface area contributed by atoms with Crippen LogP contribution in [0.15, 0.2) is 34.7 Å². The minimum atomic E-state index is -0.263. The second kappa shape index (κ2) is 4.32. The number of furan rings is 1. The third kappa shape index (κ3) is 2.13. The average Bonchev–Trinajstić information content (AvgIpc) is 2.67. The van der Waals surface area contributed by atoms with Crippen molar-refractivity contribution < 1.29 is 9.21 Å². The molecule has 0 unspecified atom stereocenters. The number of hydrogen-bond acceptors (Lipinski definition) is 2. The van der Waals surface area contributed by atoms with Crippen LogP contribution in [0.3, 0.4) is 0 Å². The van der Waals surface area contributed by atoms with Gasteiger partial charge in [0, 0.05) is 10.6 Å². The minimum Gasteiger partial charge on any atom is -0.458 e. The fourth-order valence-corrected chi connectivity index (χ4v) is 1.74. The SMILES string of the molecule is Cc1ccc(C(=O)c2cc(Cl)ccc2Cl)o1. The molecular formula is C12H8Cl2O2. The molecular weight excluding hydrogens is 247 g/mol. The van der Waals surface area contributed by atoms with E-state index in [1.165, 1.54) is 6.07 Å². The van der Waals surface area contributed by atoms with Gasteiger partial charge in [0.05, 0.1) is 5.02 Å². The largest absolute Gasteiger partial charge is 0.458 e. The smallest absolute Gasteiger partial charge is 0.229 e. The molecule has 2 rings (SSSR count). The molecule has 1 heterocycles. The lowest BCUT2D eigenvalue weighted by molar-refractivity contribution is 0.101. The molecule has 0 aliphatic rings. The van der Waals surface area contributed by atoms with E-state index in [4.69, 9.17) is 27.6 Å². The van der Waals surface area contributed by atoms with Gasteiger partial charge >= 0.3 is 0 Å². The summed E-state index contributed by atoms with van der Waals surface area (Å²) in [6, 6.07) is 8.10. The first kappa shape index (κ1) is 11.2. The molecule has 2 aromatic rings. The maximum atomic E-state index is 12.0. The van der Waals surface area contributed by atoms with E-state index < -0.39 is 0 Å². The monoisotopic (exact) mass is 254 g/mol. The van der Waals surface area contributed by atoms with Crippen LogP contribution in [0.5, 0.6) is 0 Å². The normalized spacial score (nSPS) is 10.4. The summed E-state index contributed by atoms with van der Waals surface area (Å²) in [6.07, 6.45) is 0. The molecule has 1 aromatic heterocycles. The highest BCUT2D eigenvalue weighted by molar-refractivity contribution is 6.36. The fourth-order valence-electron chi connectivity index (χ4n) is 1.36. The standard InChI is InChI=1S/C12H8Cl2O2/c1-7-2-5-11(16-7)12(15)9-6-8(13)3-4-10(9)14/h2-6H,1H3. The first-order valence-corrected chi connectivity index (χ1v) is 5.39. The van der Waals surface area contributed by atoms with Crippen molar-refractivity contribution >= 4 is 29.0 Å². The summed E-state index contributed by atoms with van der Waals surface area (Å²) in [7, 11) is 0. The topological polar surface area (TPSA) is 30.2 Å². The molecule has 0 N–H and O–H groups in total. The average molecular weight is 255 g/mol. The predicted octanol–water partition coefficient (Wildman–Crippen LogP) is 4.13. The lowest BCUT2D eigenvalue weighted by atomic mass is 10.1. The summed E-state index contributed by atoms with van der Waals surface area (Å²) >= 11 is 11.7. The van der Waals surface area contributed by atoms with Crippen LogP contribution in [0, 0.1) is 6.92 Å². The molecule has 0 aliphatic carbocycles. The zero-order valence-corrected chi connectivity index (χ0v) is 9.97. The molecule has 0 aliphatic heterocycles. The lowest BCUT2D eigenvalue weighted by Gasteiger charge is -2.01. The Labute approximate surface area is 103 Å². The zero-order chi connectivity index (χ0) is 11.7. The lowest BCUT2D eigenvalue weighted by Crippen LogP contribution is -2.00. The Bertz CT molecular complexity index is 544. The summed E-state index contributed by atoms with van der Waals surface area (Å²) in [5.74, 6) is 0.684. The molecule has 0 atom stereocenters. The van der Waals surface area contributed by atoms with E-state index in [2.05, 4.69) is 0 Å². The quantitative estimate of drug-likeness (QED) is 0.755. The molecule has 82 valence electrons. The van der Waals surface area contributed by atoms with Gasteiger partial charge in [-0.2, -0.15) is 0 Å². The number of aryl methyl sites for hydroxylation is 1. The van der Waals surface area contributed by atoms with Gasteiger partial charge < -0.3 is 4.42 Å². The van der Waals surface area contributed by atoms with Crippen molar-refractivity contribution in [2.24, 2.45) is 0 Å². The number of hydrogen-bond donors (Lipinski definition) is 0. The Morgan fingerprint density at radius 2 is 1.94 bits per heavy atom. The van der Waals surface area contributed by atoms with E-state index in [-0.39, 0.29) is 11.5 Å². The van der Waals surface area contributed by atoms with Crippen molar-refractivity contribution in [3.05, 3.63) is 57.5 Å². The van der Waals surface area contributed by atoms with Crippen molar-refractivity contribution in [1.82, 2.24) is 0 Å². The Kier molecular flexibility index (Phi) is 3.03. The molecule has 0 bridgehead atoms. The van der Waals surface area contributed by atoms with E-state index in [0.717, 1.165) is 0 Å². The van der Waals surface area contributed by atoms with Gasteiger partial charge in [-0.15, -0.1) is 0 Å². The van der Waals surface area contributed by atoms with Crippen LogP contribution in [0.2, 0.25) is 10.0 Å². The highest BCUT2D eigenvalue weighted by Crippen LogP contribution is 2.23. The van der Waals surface area contributed by atoms with Gasteiger partial charge in [-0.3, -0.25) is 4.79 Å². The van der Waals surface area contributed by atoms with Crippen molar-refractivity contribution in [3.63, 3.8) is 0 Å². The highest BCUT2D eigenvalue weighted by Gasteiger charge is 2.16. The van der Waals surface area contributed by atoms with E-state index in [0.29, 0.717) is 21.4 Å². The summed E-state index contributed by atoms with van der Waals surface area (Å²) in [6.45, 7) is 1.77. The third-order valence-corrected chi connectivity index (χ3v) is 2.70. The van der Waals surface area contributed by atoms with Gasteiger partial charge in [0.1, 0.15) is 5.76 Å². The van der Waals surface area contributed by atoms with Gasteiger partial charge in [0.25, 0.3) is 0 Å². The van der Waals surface area contributed by atoms with E-state index in [9.17, 15) is 4.79 Å². The van der Waals surface area contributed by atoms with Crippen molar-refractivity contribution in [2.45, 2.75) is 6.92 Å². The van der Waals surface area contributed by atoms with Crippen LogP contribution in [0.4, 0.5) is 0 Å². The number of ketones is 1. The fraction of sp³-hybridized carbons (Fsp3) is 0.0833. The molecule has 0 spiro atoms. The molecule has 1 aromatic carbocycles. The summed E-state index contributed by atoms with van der Waals surface area (Å²) in [5, 5.41) is 0.833. The van der Waals surface area contributed by atoms with Crippen molar-refractivity contribution in [2.75, 3.05) is 0 Å². The van der Waals surface area contributed by atoms with Crippen molar-refractivity contribution in [3.8, 4) is 0 Å². The Morgan fingerprint density at radius 3 is 2.56 bits per heavy atom. The third-order valence-electron chi connectivity index (χ3n) is 2.14. The van der Waals surface area contributed by atoms with Crippen LogP contribution in [0.25, 0.3) is 0 Å². The Hall–Kier alpha value is -1.25. The van der Waals surface area contributed by atoms with Gasteiger partial charge in [0.2, 0.25) is 5.78 Å². The maximum absolute atomic E-state index is 12.0. The second-order valence-electron chi connectivity index (χ2n) is 3.36. The van der Waals surface area contributed by atoms with E-state index in [1.54, 1.807) is 31.2 Å². The molecule has 0 fully saturated rings. The minimum absolute atomic E-state index is 0.263. The Morgan fingerprint density at radius 1 is 1.19 bits per heavy atom. The summed E-state index contributed by atoms with van der Waals surface area (Å²) in [4.78, 5) is 12.0. The first-order chi connectivity index (χ1) is 7.58. The molecule has 16 heavy (non-hydrogen) atoms. The number of carbonyl (C=O) groups excluding carboxylic acids is 1. The molecule has 0 saturated heterocycles. The molecule has 4 heteroatoms. The second-order valence-corrected chi connectivity index (χ2v) is 4.21. The van der Waals surface area contributed by atoms with Crippen LogP contribution in [-0.2, 0) is 0 Å². The van der Waals surface area contributed by atoms with Crippen LogP contribution in [-0.4, -0.2) is 5.78 Å². The van der Waals surface area contributed by atoms with Crippen LogP contribution < -0.4 is 0 Å². The molecule has 0 saturated carbocycles. The maximum Gasteiger partial charge on any atom is 0.229 e. The summed E-state index contributed by atoms with van der Waals surface area (Å²) in [5.41, 5.74) is 0.350. The number of benzene rings is 1. The molecule has 2 nitrogen and oxygen atoms in total. The number of rotatable bonds is 2. The van der Waals surface area contributed by atoms with Crippen LogP contribution >= 0.6 is 23.2 Å². The number of halogens is 2. The molecule has 0 amide bonds. The van der Waals surface area contributed by atoms with Gasteiger partial charge in [-0.1, -0.05) is 23.2 Å². The zero-order valence-electron chi connectivity index (χ0n) is 8.46. The number of carbonyl (C=O) groups is 1. The van der Waals surface area contributed by atoms with Crippen LogP contribution in [0.1, 0.15) is 21.9 Å². The first-order valence-electron chi connectivity index (χ1n) is 4.64. The highest BCUT2D eigenvalue weighted by atomic mass is 35.5. The van der Waals surface area contributed by atoms with Gasteiger partial charge in [-0.05, 0) is 37.3 Å². The van der Waals surface area contributed by atoms with Gasteiger partial charge in [0.15, 0.2) is 5.76 Å². The van der Waals surface area contributed by atoms with E-state index in [1.807, 2.05) is 0 Å². The Balaban J connectivity index is 2.45. The van der Waals surface area contributed by atoms with Crippen molar-refractivity contribution in [1.29, 1.82) is 0 Å². The predicted molar refractivity (Wildman–Crippen MR) is 63.3 cm³/mol. The molecule has 0 radical (unpaired) electrons. The summed E-state index contributed by atoms with van der Waals surface area (Å²) < 4.78 is 5.24.